The predicted molar refractivity (Wildman–Crippen MR) is 73.8 cm³/mol. The van der Waals surface area contributed by atoms with Crippen LogP contribution in [0.5, 0.6) is 5.75 Å². The number of ether oxygens (including phenoxy) is 1. The summed E-state index contributed by atoms with van der Waals surface area (Å²) < 4.78 is 18.6. The summed E-state index contributed by atoms with van der Waals surface area (Å²) in [5.74, 6) is 1.51. The Morgan fingerprint density at radius 2 is 2.37 bits per heavy atom. The van der Waals surface area contributed by atoms with Gasteiger partial charge in [-0.2, -0.15) is 0 Å². The summed E-state index contributed by atoms with van der Waals surface area (Å²) in [6, 6.07) is 6.15. The zero-order chi connectivity index (χ0) is 13.7. The maximum absolute atomic E-state index is 13.3. The van der Waals surface area contributed by atoms with Crippen molar-refractivity contribution in [2.75, 3.05) is 31.8 Å². The van der Waals surface area contributed by atoms with E-state index in [1.54, 1.807) is 41.9 Å². The lowest BCUT2D eigenvalue weighted by Gasteiger charge is -2.20. The van der Waals surface area contributed by atoms with Crippen molar-refractivity contribution in [3.05, 3.63) is 30.1 Å². The van der Waals surface area contributed by atoms with Crippen molar-refractivity contribution in [1.82, 2.24) is 10.2 Å². The van der Waals surface area contributed by atoms with E-state index in [1.165, 1.54) is 6.07 Å². The first kappa shape index (κ1) is 14.1. The monoisotopic (exact) mass is 284 g/mol. The van der Waals surface area contributed by atoms with E-state index in [9.17, 15) is 9.18 Å². The van der Waals surface area contributed by atoms with Gasteiger partial charge in [0, 0.05) is 18.7 Å². The number of hydrogen-bond donors (Lipinski definition) is 1. The molecule has 1 amide bonds. The number of thioether (sulfide) groups is 1. The Morgan fingerprint density at radius 3 is 3.05 bits per heavy atom. The van der Waals surface area contributed by atoms with Crippen LogP contribution in [0.25, 0.3) is 0 Å². The highest BCUT2D eigenvalue weighted by molar-refractivity contribution is 7.99. The molecule has 0 aromatic heterocycles. The van der Waals surface area contributed by atoms with E-state index in [0.717, 1.165) is 11.6 Å². The van der Waals surface area contributed by atoms with Gasteiger partial charge in [-0.1, -0.05) is 12.1 Å². The van der Waals surface area contributed by atoms with Crippen molar-refractivity contribution < 1.29 is 13.9 Å². The normalized spacial score (nSPS) is 18.3. The van der Waals surface area contributed by atoms with Crippen LogP contribution < -0.4 is 10.1 Å². The molecule has 2 rings (SSSR count). The summed E-state index contributed by atoms with van der Waals surface area (Å²) in [6.07, 6.45) is 0. The van der Waals surface area contributed by atoms with Gasteiger partial charge in [-0.15, -0.1) is 11.8 Å². The third-order valence-corrected chi connectivity index (χ3v) is 3.85. The van der Waals surface area contributed by atoms with Gasteiger partial charge in [0.1, 0.15) is 6.61 Å². The summed E-state index contributed by atoms with van der Waals surface area (Å²) in [4.78, 5) is 13.6. The number of benzene rings is 1. The molecule has 1 N–H and O–H groups in total. The molecule has 0 spiro atoms. The van der Waals surface area contributed by atoms with Crippen molar-refractivity contribution in [1.29, 1.82) is 0 Å². The van der Waals surface area contributed by atoms with Crippen molar-refractivity contribution in [2.45, 2.75) is 6.04 Å². The van der Waals surface area contributed by atoms with Gasteiger partial charge in [-0.3, -0.25) is 10.1 Å². The average molecular weight is 284 g/mol. The number of amides is 1. The van der Waals surface area contributed by atoms with Gasteiger partial charge in [-0.25, -0.2) is 4.39 Å². The van der Waals surface area contributed by atoms with Gasteiger partial charge in [0.15, 0.2) is 11.6 Å². The standard InChI is InChI=1S/C13H17FN2O2S/c1-16(13(17)11-8-19-9-15-11)6-7-18-12-5-3-2-4-10(12)14/h2-5,11,15H,6-9H2,1H3. The molecule has 0 saturated carbocycles. The van der Waals surface area contributed by atoms with Crippen LogP contribution in [0.4, 0.5) is 4.39 Å². The zero-order valence-electron chi connectivity index (χ0n) is 10.8. The van der Waals surface area contributed by atoms with Gasteiger partial charge in [0.05, 0.1) is 12.6 Å². The molecule has 1 aliphatic heterocycles. The Balaban J connectivity index is 1.76. The molecule has 1 saturated heterocycles. The van der Waals surface area contributed by atoms with Crippen LogP contribution in [0, 0.1) is 5.82 Å². The Labute approximate surface area is 116 Å². The Morgan fingerprint density at radius 1 is 1.58 bits per heavy atom. The first-order valence-corrected chi connectivity index (χ1v) is 7.27. The minimum Gasteiger partial charge on any atom is -0.489 e. The SMILES string of the molecule is CN(CCOc1ccccc1F)C(=O)C1CSCN1. The minimum atomic E-state index is -0.384. The van der Waals surface area contributed by atoms with Crippen molar-refractivity contribution >= 4 is 17.7 Å². The summed E-state index contributed by atoms with van der Waals surface area (Å²) >= 11 is 1.71. The Hall–Kier alpha value is -1.27. The summed E-state index contributed by atoms with van der Waals surface area (Å²) in [6.45, 7) is 0.721. The molecule has 1 aliphatic rings. The molecular formula is C13H17FN2O2S. The molecule has 0 bridgehead atoms. The van der Waals surface area contributed by atoms with E-state index in [4.69, 9.17) is 4.74 Å². The molecule has 4 nitrogen and oxygen atoms in total. The molecule has 0 aliphatic carbocycles. The number of carbonyl (C=O) groups is 1. The Kier molecular flexibility index (Phi) is 5.04. The lowest BCUT2D eigenvalue weighted by Crippen LogP contribution is -2.44. The van der Waals surface area contributed by atoms with Crippen LogP contribution in [-0.4, -0.2) is 48.7 Å². The van der Waals surface area contributed by atoms with Gasteiger partial charge < -0.3 is 9.64 Å². The molecule has 0 radical (unpaired) electrons. The van der Waals surface area contributed by atoms with Gasteiger partial charge >= 0.3 is 0 Å². The number of hydrogen-bond acceptors (Lipinski definition) is 4. The molecular weight excluding hydrogens is 267 g/mol. The highest BCUT2D eigenvalue weighted by Crippen LogP contribution is 2.15. The van der Waals surface area contributed by atoms with Crippen LogP contribution in [-0.2, 0) is 4.79 Å². The number of para-hydroxylation sites is 1. The van der Waals surface area contributed by atoms with Crippen LogP contribution in [0.15, 0.2) is 24.3 Å². The fourth-order valence-corrected chi connectivity index (χ4v) is 2.72. The second kappa shape index (κ2) is 6.77. The van der Waals surface area contributed by atoms with Crippen LogP contribution >= 0.6 is 11.8 Å². The van der Waals surface area contributed by atoms with E-state index in [1.807, 2.05) is 0 Å². The number of halogens is 1. The van der Waals surface area contributed by atoms with Crippen LogP contribution in [0.3, 0.4) is 0 Å². The maximum atomic E-state index is 13.3. The number of rotatable bonds is 5. The third kappa shape index (κ3) is 3.84. The van der Waals surface area contributed by atoms with E-state index in [0.29, 0.717) is 6.54 Å². The zero-order valence-corrected chi connectivity index (χ0v) is 11.6. The first-order valence-electron chi connectivity index (χ1n) is 6.12. The quantitative estimate of drug-likeness (QED) is 0.885. The van der Waals surface area contributed by atoms with Crippen LogP contribution in [0.1, 0.15) is 0 Å². The molecule has 1 aromatic rings. The lowest BCUT2D eigenvalue weighted by molar-refractivity contribution is -0.131. The molecule has 6 heteroatoms. The molecule has 1 aromatic carbocycles. The topological polar surface area (TPSA) is 41.6 Å². The third-order valence-electron chi connectivity index (χ3n) is 2.91. The molecule has 1 heterocycles. The summed E-state index contributed by atoms with van der Waals surface area (Å²) in [5, 5.41) is 3.13. The predicted octanol–water partition coefficient (Wildman–Crippen LogP) is 1.33. The molecule has 1 unspecified atom stereocenters. The van der Waals surface area contributed by atoms with E-state index in [2.05, 4.69) is 5.32 Å². The molecule has 19 heavy (non-hydrogen) atoms. The Bertz CT molecular complexity index is 438. The van der Waals surface area contributed by atoms with Crippen molar-refractivity contribution in [3.8, 4) is 5.75 Å². The second-order valence-electron chi connectivity index (χ2n) is 4.31. The van der Waals surface area contributed by atoms with E-state index < -0.39 is 0 Å². The second-order valence-corrected chi connectivity index (χ2v) is 5.34. The minimum absolute atomic E-state index is 0.0575. The maximum Gasteiger partial charge on any atom is 0.240 e. The van der Waals surface area contributed by atoms with Crippen LogP contribution in [0.2, 0.25) is 0 Å². The molecule has 1 fully saturated rings. The lowest BCUT2D eigenvalue weighted by atomic mass is 10.3. The summed E-state index contributed by atoms with van der Waals surface area (Å²) in [7, 11) is 1.73. The fourth-order valence-electron chi connectivity index (χ4n) is 1.78. The van der Waals surface area contributed by atoms with Gasteiger partial charge in [0.2, 0.25) is 5.91 Å². The van der Waals surface area contributed by atoms with Crippen molar-refractivity contribution in [3.63, 3.8) is 0 Å². The number of nitrogens with one attached hydrogen (secondary N) is 1. The average Bonchev–Trinajstić information content (AvgIpc) is 2.94. The fraction of sp³-hybridized carbons (Fsp3) is 0.462. The van der Waals surface area contributed by atoms with Crippen molar-refractivity contribution in [2.24, 2.45) is 0 Å². The van der Waals surface area contributed by atoms with Gasteiger partial charge in [0.25, 0.3) is 0 Å². The number of likely N-dealkylation sites (N-methyl/N-ethyl adjacent to an activating group) is 1. The highest BCUT2D eigenvalue weighted by Gasteiger charge is 2.25. The summed E-state index contributed by atoms with van der Waals surface area (Å²) in [5.41, 5.74) is 0. The molecule has 1 atom stereocenters. The number of carbonyl (C=O) groups excluding carboxylic acids is 1. The van der Waals surface area contributed by atoms with Gasteiger partial charge in [-0.05, 0) is 12.1 Å². The smallest absolute Gasteiger partial charge is 0.240 e. The number of nitrogens with zero attached hydrogens (tertiary/aromatic N) is 1. The van der Waals surface area contributed by atoms with E-state index >= 15 is 0 Å². The highest BCUT2D eigenvalue weighted by atomic mass is 32.2. The van der Waals surface area contributed by atoms with E-state index in [-0.39, 0.29) is 30.1 Å². The molecule has 104 valence electrons. The largest absolute Gasteiger partial charge is 0.489 e. The first-order chi connectivity index (χ1) is 9.18.